The second-order valence-electron chi connectivity index (χ2n) is 5.75. The maximum absolute atomic E-state index is 12.8. The molecule has 122 valence electrons. The Morgan fingerprint density at radius 3 is 2.57 bits per heavy atom. The molecule has 0 bridgehead atoms. The predicted molar refractivity (Wildman–Crippen MR) is 82.8 cm³/mol. The van der Waals surface area contributed by atoms with Gasteiger partial charge in [-0.1, -0.05) is 5.16 Å². The number of methoxy groups -OCH3 is 1. The first-order valence-electron chi connectivity index (χ1n) is 7.21. The molecule has 1 aromatic carbocycles. The third-order valence-corrected chi connectivity index (χ3v) is 5.13. The predicted octanol–water partition coefficient (Wildman–Crippen LogP) is 2.50. The highest BCUT2D eigenvalue weighted by Crippen LogP contribution is 2.42. The molecule has 0 amide bonds. The van der Waals surface area contributed by atoms with Gasteiger partial charge in [0.2, 0.25) is 0 Å². The number of carbonyl (C=O) groups excluding carboxylic acids is 1. The molecule has 0 saturated heterocycles. The van der Waals surface area contributed by atoms with Crippen LogP contribution in [-0.4, -0.2) is 32.7 Å². The summed E-state index contributed by atoms with van der Waals surface area (Å²) < 4.78 is 34.1. The number of aromatic nitrogens is 1. The van der Waals surface area contributed by atoms with Crippen molar-refractivity contribution in [1.82, 2.24) is 5.16 Å². The topological polar surface area (TPSA) is 86.5 Å². The van der Waals surface area contributed by atoms with E-state index < -0.39 is 9.84 Å². The van der Waals surface area contributed by atoms with E-state index in [2.05, 4.69) is 5.16 Å². The summed E-state index contributed by atoms with van der Waals surface area (Å²) in [6.45, 7) is 1.67. The molecule has 0 spiro atoms. The molecule has 1 aliphatic carbocycles. The van der Waals surface area contributed by atoms with Gasteiger partial charge in [-0.05, 0) is 31.9 Å². The summed E-state index contributed by atoms with van der Waals surface area (Å²) in [5.41, 5.74) is 1.31. The number of nitrogens with zero attached hydrogens (tertiary/aromatic N) is 1. The minimum absolute atomic E-state index is 0.0711. The average Bonchev–Trinajstić information content (AvgIpc) is 3.22. The molecular weight excluding hydrogens is 318 g/mol. The summed E-state index contributed by atoms with van der Waals surface area (Å²) in [4.78, 5) is 12.9. The van der Waals surface area contributed by atoms with Gasteiger partial charge in [0.1, 0.15) is 10.6 Å². The molecule has 1 heterocycles. The van der Waals surface area contributed by atoms with Crippen LogP contribution in [0.5, 0.6) is 5.75 Å². The molecule has 0 radical (unpaired) electrons. The van der Waals surface area contributed by atoms with Gasteiger partial charge in [0.15, 0.2) is 21.4 Å². The molecule has 1 fully saturated rings. The maximum atomic E-state index is 12.8. The van der Waals surface area contributed by atoms with Crippen LogP contribution in [0.4, 0.5) is 0 Å². The van der Waals surface area contributed by atoms with Crippen molar-refractivity contribution in [3.63, 3.8) is 0 Å². The molecule has 0 atom stereocenters. The van der Waals surface area contributed by atoms with E-state index in [4.69, 9.17) is 9.26 Å². The Labute approximate surface area is 134 Å². The zero-order valence-electron chi connectivity index (χ0n) is 13.1. The highest BCUT2D eigenvalue weighted by Gasteiger charge is 2.33. The number of hydrogen-bond donors (Lipinski definition) is 0. The summed E-state index contributed by atoms with van der Waals surface area (Å²) >= 11 is 0. The number of carbonyl (C=O) groups is 1. The van der Waals surface area contributed by atoms with Gasteiger partial charge in [-0.2, -0.15) is 0 Å². The fourth-order valence-electron chi connectivity index (χ4n) is 2.66. The van der Waals surface area contributed by atoms with Gasteiger partial charge in [-0.3, -0.25) is 4.79 Å². The van der Waals surface area contributed by atoms with Crippen LogP contribution in [0.2, 0.25) is 0 Å². The first kappa shape index (κ1) is 15.7. The van der Waals surface area contributed by atoms with E-state index >= 15 is 0 Å². The molecule has 1 saturated carbocycles. The van der Waals surface area contributed by atoms with E-state index in [0.717, 1.165) is 19.1 Å². The standard InChI is InChI=1S/C16H17NO5S/c1-9-11(6-7-13(15(9)21-2)23(3,19)20)14(18)12-8-17-22-16(12)10-4-5-10/h6-8,10H,4-5H2,1-3H3. The Morgan fingerprint density at radius 1 is 1.30 bits per heavy atom. The van der Waals surface area contributed by atoms with E-state index in [1.165, 1.54) is 25.4 Å². The van der Waals surface area contributed by atoms with Crippen molar-refractivity contribution in [2.75, 3.05) is 13.4 Å². The van der Waals surface area contributed by atoms with Crippen LogP contribution in [-0.2, 0) is 9.84 Å². The maximum Gasteiger partial charge on any atom is 0.198 e. The number of benzene rings is 1. The third kappa shape index (κ3) is 2.76. The quantitative estimate of drug-likeness (QED) is 0.780. The average molecular weight is 335 g/mol. The largest absolute Gasteiger partial charge is 0.495 e. The van der Waals surface area contributed by atoms with Crippen molar-refractivity contribution < 1.29 is 22.5 Å². The lowest BCUT2D eigenvalue weighted by molar-refractivity contribution is 0.103. The number of hydrogen-bond acceptors (Lipinski definition) is 6. The van der Waals surface area contributed by atoms with E-state index in [9.17, 15) is 13.2 Å². The van der Waals surface area contributed by atoms with E-state index in [1.54, 1.807) is 6.92 Å². The summed E-state index contributed by atoms with van der Waals surface area (Å²) in [6, 6.07) is 2.92. The third-order valence-electron chi connectivity index (χ3n) is 4.01. The molecule has 0 unspecified atom stereocenters. The van der Waals surface area contributed by atoms with Crippen LogP contribution >= 0.6 is 0 Å². The van der Waals surface area contributed by atoms with Crippen molar-refractivity contribution in [2.45, 2.75) is 30.6 Å². The number of ketones is 1. The minimum Gasteiger partial charge on any atom is -0.495 e. The smallest absolute Gasteiger partial charge is 0.198 e. The van der Waals surface area contributed by atoms with Crippen LogP contribution in [0, 0.1) is 6.92 Å². The highest BCUT2D eigenvalue weighted by molar-refractivity contribution is 7.90. The molecule has 3 rings (SSSR count). The molecule has 1 aliphatic rings. The fourth-order valence-corrected chi connectivity index (χ4v) is 3.55. The normalized spacial score (nSPS) is 14.7. The van der Waals surface area contributed by atoms with Crippen molar-refractivity contribution in [1.29, 1.82) is 0 Å². The Bertz CT molecular complexity index is 878. The number of rotatable bonds is 5. The zero-order chi connectivity index (χ0) is 16.8. The van der Waals surface area contributed by atoms with Crippen molar-refractivity contribution >= 4 is 15.6 Å². The SMILES string of the molecule is COc1c(S(C)(=O)=O)ccc(C(=O)c2cnoc2C2CC2)c1C. The van der Waals surface area contributed by atoms with Crippen molar-refractivity contribution in [3.05, 3.63) is 40.8 Å². The van der Waals surface area contributed by atoms with Crippen LogP contribution in [0.1, 0.15) is 46.0 Å². The second kappa shape index (κ2) is 5.49. The summed E-state index contributed by atoms with van der Waals surface area (Å²) in [5.74, 6) is 0.835. The van der Waals surface area contributed by atoms with Crippen LogP contribution in [0.3, 0.4) is 0 Å². The van der Waals surface area contributed by atoms with Gasteiger partial charge >= 0.3 is 0 Å². The molecule has 0 aliphatic heterocycles. The van der Waals surface area contributed by atoms with Gasteiger partial charge in [0, 0.05) is 23.3 Å². The van der Waals surface area contributed by atoms with Crippen LogP contribution in [0.25, 0.3) is 0 Å². The summed E-state index contributed by atoms with van der Waals surface area (Å²) in [5, 5.41) is 3.74. The van der Waals surface area contributed by atoms with Crippen molar-refractivity contribution in [3.8, 4) is 5.75 Å². The van der Waals surface area contributed by atoms with Gasteiger partial charge in [0.05, 0.1) is 18.9 Å². The van der Waals surface area contributed by atoms with Gasteiger partial charge in [-0.25, -0.2) is 8.42 Å². The molecule has 7 heteroatoms. The van der Waals surface area contributed by atoms with Crippen LogP contribution in [0.15, 0.2) is 27.7 Å². The van der Waals surface area contributed by atoms with Crippen molar-refractivity contribution in [2.24, 2.45) is 0 Å². The Kier molecular flexibility index (Phi) is 3.75. The second-order valence-corrected chi connectivity index (χ2v) is 7.73. The fraction of sp³-hybridized carbons (Fsp3) is 0.375. The van der Waals surface area contributed by atoms with Gasteiger partial charge in [-0.15, -0.1) is 0 Å². The summed E-state index contributed by atoms with van der Waals surface area (Å²) in [6.07, 6.45) is 4.51. The number of sulfone groups is 1. The Hall–Kier alpha value is -2.15. The molecule has 6 nitrogen and oxygen atoms in total. The first-order chi connectivity index (χ1) is 10.8. The zero-order valence-corrected chi connectivity index (χ0v) is 13.9. The summed E-state index contributed by atoms with van der Waals surface area (Å²) in [7, 11) is -2.05. The molecular formula is C16H17NO5S. The van der Waals surface area contributed by atoms with Crippen LogP contribution < -0.4 is 4.74 Å². The van der Waals surface area contributed by atoms with E-state index in [-0.39, 0.29) is 22.3 Å². The molecule has 23 heavy (non-hydrogen) atoms. The molecule has 0 N–H and O–H groups in total. The van der Waals surface area contributed by atoms with Gasteiger partial charge in [0.25, 0.3) is 0 Å². The van der Waals surface area contributed by atoms with E-state index in [1.807, 2.05) is 0 Å². The highest BCUT2D eigenvalue weighted by atomic mass is 32.2. The Morgan fingerprint density at radius 2 is 2.00 bits per heavy atom. The van der Waals surface area contributed by atoms with E-state index in [0.29, 0.717) is 22.5 Å². The van der Waals surface area contributed by atoms with Gasteiger partial charge < -0.3 is 9.26 Å². The molecule has 2 aromatic rings. The number of ether oxygens (including phenoxy) is 1. The lowest BCUT2D eigenvalue weighted by Crippen LogP contribution is -2.09. The molecule has 1 aromatic heterocycles. The first-order valence-corrected chi connectivity index (χ1v) is 9.10. The Balaban J connectivity index is 2.10. The lowest BCUT2D eigenvalue weighted by atomic mass is 9.98. The lowest BCUT2D eigenvalue weighted by Gasteiger charge is -2.13. The monoisotopic (exact) mass is 335 g/mol. The minimum atomic E-state index is -3.44.